The minimum Gasteiger partial charge on any atom is -0.361 e. The number of nitrogens with one attached hydrogen (secondary N) is 2. The van der Waals surface area contributed by atoms with Crippen LogP contribution in [0.1, 0.15) is 5.56 Å². The van der Waals surface area contributed by atoms with Crippen LogP contribution in [0.4, 0.5) is 11.5 Å². The van der Waals surface area contributed by atoms with Gasteiger partial charge in [0.1, 0.15) is 19.8 Å². The van der Waals surface area contributed by atoms with Gasteiger partial charge in [-0.1, -0.05) is 12.1 Å². The second kappa shape index (κ2) is 7.52. The van der Waals surface area contributed by atoms with Gasteiger partial charge in [-0.3, -0.25) is 4.57 Å². The maximum atomic E-state index is 12.2. The van der Waals surface area contributed by atoms with Crippen LogP contribution in [-0.4, -0.2) is 37.8 Å². The van der Waals surface area contributed by atoms with Gasteiger partial charge in [0.05, 0.1) is 0 Å². The molecule has 0 amide bonds. The predicted octanol–water partition coefficient (Wildman–Crippen LogP) is 4.93. The fraction of sp³-hybridized carbons (Fsp3) is 0.0870. The SMILES string of the molecule is CP(C)(=O)c1ccc(Nc2ncnc3c2ncn3/C=C/c2cccc3[nH]ccc23)cc1. The van der Waals surface area contributed by atoms with Crippen LogP contribution in [0.15, 0.2) is 67.4 Å². The third-order valence-electron chi connectivity index (χ3n) is 5.15. The lowest BCUT2D eigenvalue weighted by atomic mass is 10.1. The van der Waals surface area contributed by atoms with E-state index in [4.69, 9.17) is 0 Å². The summed E-state index contributed by atoms with van der Waals surface area (Å²) in [7, 11) is -2.28. The summed E-state index contributed by atoms with van der Waals surface area (Å²) in [5, 5.41) is 5.29. The number of hydrogen-bond acceptors (Lipinski definition) is 5. The first-order valence-electron chi connectivity index (χ1n) is 9.83. The number of fused-ring (bicyclic) bond motifs is 2. The number of benzene rings is 2. The van der Waals surface area contributed by atoms with E-state index in [1.807, 2.05) is 53.4 Å². The Labute approximate surface area is 179 Å². The fourth-order valence-electron chi connectivity index (χ4n) is 3.51. The van der Waals surface area contributed by atoms with Gasteiger partial charge in [0, 0.05) is 34.3 Å². The Morgan fingerprint density at radius 3 is 2.68 bits per heavy atom. The second-order valence-electron chi connectivity index (χ2n) is 7.67. The van der Waals surface area contributed by atoms with E-state index < -0.39 is 7.14 Å². The molecule has 0 saturated carbocycles. The highest BCUT2D eigenvalue weighted by Crippen LogP contribution is 2.35. The van der Waals surface area contributed by atoms with Gasteiger partial charge in [-0.25, -0.2) is 15.0 Å². The van der Waals surface area contributed by atoms with Crippen LogP contribution in [0.25, 0.3) is 34.3 Å². The molecule has 0 fully saturated rings. The van der Waals surface area contributed by atoms with Crippen molar-refractivity contribution >= 4 is 58.3 Å². The minimum absolute atomic E-state index is 0.619. The molecule has 2 N–H and O–H groups in total. The average Bonchev–Trinajstić information content (AvgIpc) is 3.40. The molecule has 2 aromatic carbocycles. The van der Waals surface area contributed by atoms with E-state index >= 15 is 0 Å². The Balaban J connectivity index is 1.45. The van der Waals surface area contributed by atoms with Gasteiger partial charge in [0.15, 0.2) is 17.0 Å². The molecule has 5 aromatic rings. The van der Waals surface area contributed by atoms with Crippen LogP contribution < -0.4 is 10.6 Å². The molecule has 0 saturated heterocycles. The van der Waals surface area contributed by atoms with Gasteiger partial charge >= 0.3 is 0 Å². The van der Waals surface area contributed by atoms with E-state index in [0.29, 0.717) is 17.0 Å². The van der Waals surface area contributed by atoms with Crippen LogP contribution in [0, 0.1) is 0 Å². The van der Waals surface area contributed by atoms with Crippen LogP contribution in [0.2, 0.25) is 0 Å². The van der Waals surface area contributed by atoms with E-state index in [1.165, 1.54) is 6.33 Å². The number of H-pyrrole nitrogens is 1. The molecule has 0 spiro atoms. The second-order valence-corrected chi connectivity index (χ2v) is 10.9. The quantitative estimate of drug-likeness (QED) is 0.388. The third-order valence-corrected chi connectivity index (χ3v) is 6.70. The maximum Gasteiger partial charge on any atom is 0.169 e. The Hall–Kier alpha value is -3.70. The van der Waals surface area contributed by atoms with Crippen LogP contribution in [-0.2, 0) is 4.57 Å². The molecule has 8 heteroatoms. The van der Waals surface area contributed by atoms with Crippen molar-refractivity contribution in [2.75, 3.05) is 18.6 Å². The first kappa shape index (κ1) is 19.3. The summed E-state index contributed by atoms with van der Waals surface area (Å²) in [6, 6.07) is 15.8. The van der Waals surface area contributed by atoms with Gasteiger partial charge in [0.25, 0.3) is 0 Å². The molecule has 7 nitrogen and oxygen atoms in total. The lowest BCUT2D eigenvalue weighted by molar-refractivity contribution is 0.588. The number of imidazole rings is 1. The van der Waals surface area contributed by atoms with Gasteiger partial charge in [0.2, 0.25) is 0 Å². The van der Waals surface area contributed by atoms with E-state index in [2.05, 4.69) is 43.5 Å². The van der Waals surface area contributed by atoms with Gasteiger partial charge in [-0.05, 0) is 61.4 Å². The van der Waals surface area contributed by atoms with Gasteiger partial charge in [-0.15, -0.1) is 0 Å². The molecular weight excluding hydrogens is 407 g/mol. The molecule has 0 unspecified atom stereocenters. The number of aromatic amines is 1. The van der Waals surface area contributed by atoms with Crippen molar-refractivity contribution in [3.63, 3.8) is 0 Å². The van der Waals surface area contributed by atoms with Crippen molar-refractivity contribution in [1.29, 1.82) is 0 Å². The minimum atomic E-state index is -2.28. The van der Waals surface area contributed by atoms with E-state index in [-0.39, 0.29) is 0 Å². The number of nitrogens with zero attached hydrogens (tertiary/aromatic N) is 4. The molecule has 31 heavy (non-hydrogen) atoms. The van der Waals surface area contributed by atoms with Crippen molar-refractivity contribution in [2.24, 2.45) is 0 Å². The van der Waals surface area contributed by atoms with Gasteiger partial charge < -0.3 is 14.9 Å². The summed E-state index contributed by atoms with van der Waals surface area (Å²) in [6.07, 6.45) is 9.17. The number of rotatable bonds is 5. The largest absolute Gasteiger partial charge is 0.361 e. The molecule has 3 heterocycles. The highest BCUT2D eigenvalue weighted by molar-refractivity contribution is 7.70. The van der Waals surface area contributed by atoms with Crippen molar-refractivity contribution in [3.05, 3.63) is 72.9 Å². The Bertz CT molecular complexity index is 1460. The molecule has 3 aromatic heterocycles. The van der Waals surface area contributed by atoms with Crippen molar-refractivity contribution in [2.45, 2.75) is 0 Å². The average molecular weight is 428 g/mol. The summed E-state index contributed by atoms with van der Waals surface area (Å²) in [6.45, 7) is 3.53. The molecule has 0 aliphatic carbocycles. The smallest absolute Gasteiger partial charge is 0.169 e. The highest BCUT2D eigenvalue weighted by Gasteiger charge is 2.12. The Morgan fingerprint density at radius 2 is 1.87 bits per heavy atom. The first-order chi connectivity index (χ1) is 15.0. The van der Waals surface area contributed by atoms with Gasteiger partial charge in [-0.2, -0.15) is 0 Å². The lowest BCUT2D eigenvalue weighted by Gasteiger charge is -2.09. The molecule has 0 bridgehead atoms. The predicted molar refractivity (Wildman–Crippen MR) is 128 cm³/mol. The standard InChI is InChI=1S/C23H21N6OP/c1-31(2,30)18-8-6-17(7-9-18)28-22-21-23(26-14-25-22)29(15-27-21)13-11-16-4-3-5-20-19(16)10-12-24-20/h3-15,24H,1-2H3,(H,25,26,28)/b13-11+. The van der Waals surface area contributed by atoms with Crippen LogP contribution >= 0.6 is 7.14 Å². The molecular formula is C23H21N6OP. The van der Waals surface area contributed by atoms with E-state index in [0.717, 1.165) is 27.5 Å². The molecule has 5 rings (SSSR count). The molecule has 0 atom stereocenters. The zero-order valence-electron chi connectivity index (χ0n) is 17.1. The zero-order chi connectivity index (χ0) is 21.4. The topological polar surface area (TPSA) is 88.5 Å². The molecule has 154 valence electrons. The molecule has 0 aliphatic rings. The third kappa shape index (κ3) is 3.76. The summed E-state index contributed by atoms with van der Waals surface area (Å²) >= 11 is 0. The van der Waals surface area contributed by atoms with Crippen molar-refractivity contribution in [3.8, 4) is 0 Å². The maximum absolute atomic E-state index is 12.2. The number of aromatic nitrogens is 5. The zero-order valence-corrected chi connectivity index (χ0v) is 18.0. The van der Waals surface area contributed by atoms with Crippen molar-refractivity contribution < 1.29 is 4.57 Å². The van der Waals surface area contributed by atoms with Crippen molar-refractivity contribution in [1.82, 2.24) is 24.5 Å². The summed E-state index contributed by atoms with van der Waals surface area (Å²) < 4.78 is 14.1. The first-order valence-corrected chi connectivity index (χ1v) is 12.4. The fourth-order valence-corrected chi connectivity index (χ4v) is 4.38. The summed E-state index contributed by atoms with van der Waals surface area (Å²) in [5.41, 5.74) is 4.43. The monoisotopic (exact) mass is 428 g/mol. The molecule has 0 aliphatic heterocycles. The Kier molecular flexibility index (Phi) is 4.68. The summed E-state index contributed by atoms with van der Waals surface area (Å²) in [5.74, 6) is 0.619. The Morgan fingerprint density at radius 1 is 1.03 bits per heavy atom. The lowest BCUT2D eigenvalue weighted by Crippen LogP contribution is -2.03. The summed E-state index contributed by atoms with van der Waals surface area (Å²) in [4.78, 5) is 16.5. The normalized spacial score (nSPS) is 12.2. The van der Waals surface area contributed by atoms with Crippen LogP contribution in [0.3, 0.4) is 0 Å². The highest BCUT2D eigenvalue weighted by atomic mass is 31.2. The number of hydrogen-bond donors (Lipinski definition) is 2. The molecule has 0 radical (unpaired) electrons. The van der Waals surface area contributed by atoms with E-state index in [1.54, 1.807) is 19.7 Å². The van der Waals surface area contributed by atoms with Crippen LogP contribution in [0.5, 0.6) is 0 Å². The van der Waals surface area contributed by atoms with E-state index in [9.17, 15) is 4.57 Å². The number of anilines is 2.